The molecule has 0 aromatic rings. The average molecular weight is 815 g/mol. The number of nitrogens with zero attached hydrogens (tertiary/aromatic N) is 2. The first-order valence-electron chi connectivity index (χ1n) is 21.6. The number of likely N-dealkylation sites (tertiary alicyclic amines) is 1. The lowest BCUT2D eigenvalue weighted by Gasteiger charge is -2.42. The van der Waals surface area contributed by atoms with Crippen LogP contribution < -0.4 is 10.0 Å². The molecule has 320 valence electrons. The van der Waals surface area contributed by atoms with E-state index in [-0.39, 0.29) is 52.5 Å². The number of carbonyl (C=O) groups is 5. The molecule has 2 heterocycles. The third-order valence-electron chi connectivity index (χ3n) is 15.9. The van der Waals surface area contributed by atoms with Crippen LogP contribution in [0.4, 0.5) is 4.79 Å². The van der Waals surface area contributed by atoms with Crippen LogP contribution in [0.2, 0.25) is 0 Å². The predicted octanol–water partition coefficient (Wildman–Crippen LogP) is 6.88. The van der Waals surface area contributed by atoms with Crippen molar-refractivity contribution in [3.63, 3.8) is 0 Å². The van der Waals surface area contributed by atoms with Crippen molar-refractivity contribution >= 4 is 39.7 Å². The van der Waals surface area contributed by atoms with E-state index in [1.54, 1.807) is 31.7 Å². The number of ketones is 2. The molecule has 6 aliphatic rings. The molecule has 2 N–H and O–H groups in total. The summed E-state index contributed by atoms with van der Waals surface area (Å²) in [7, 11) is -4.07. The zero-order valence-electron chi connectivity index (χ0n) is 36.2. The fraction of sp³-hybridized carbons (Fsp3) is 0.841. The van der Waals surface area contributed by atoms with E-state index in [9.17, 15) is 27.6 Å². The van der Waals surface area contributed by atoms with Crippen molar-refractivity contribution < 1.29 is 37.1 Å². The smallest absolute Gasteiger partial charge is 0.408 e. The molecule has 0 aromatic carbocycles. The summed E-state index contributed by atoms with van der Waals surface area (Å²) in [6.45, 7) is 22.7. The second kappa shape index (κ2) is 14.7. The van der Waals surface area contributed by atoms with Crippen LogP contribution in [0.5, 0.6) is 0 Å². The summed E-state index contributed by atoms with van der Waals surface area (Å²) in [5.41, 5.74) is -3.59. The van der Waals surface area contributed by atoms with Gasteiger partial charge >= 0.3 is 16.3 Å². The molecule has 6 rings (SSSR count). The zero-order valence-corrected chi connectivity index (χ0v) is 37.0. The molecule has 6 atom stereocenters. The van der Waals surface area contributed by atoms with Gasteiger partial charge in [0.2, 0.25) is 11.8 Å². The fourth-order valence-corrected chi connectivity index (χ4v) is 13.3. The molecule has 2 spiro atoms. The highest BCUT2D eigenvalue weighted by Gasteiger charge is 2.85. The van der Waals surface area contributed by atoms with E-state index >= 15 is 4.79 Å². The molecule has 6 fully saturated rings. The van der Waals surface area contributed by atoms with Crippen molar-refractivity contribution in [2.45, 2.75) is 170 Å². The van der Waals surface area contributed by atoms with Gasteiger partial charge in [0, 0.05) is 43.8 Å². The SMILES string of the molecule is C=C[C@@H]1C[C@]1(CC(=O)[C@@H]1C[C@@]2(CN1C(=O)[C@@H](CC(=O)[C@@H](NC(=O)OC(C)(C)C)C1(C)CCCCC1)C(C)(C)C)C(C)(C)C21CCC1)C(=O)NS(=O)(=O)N1CCCC1. The Labute approximate surface area is 341 Å². The van der Waals surface area contributed by atoms with E-state index in [4.69, 9.17) is 4.74 Å². The lowest BCUT2D eigenvalue weighted by atomic mass is 9.67. The Morgan fingerprint density at radius 2 is 1.47 bits per heavy atom. The van der Waals surface area contributed by atoms with E-state index in [1.165, 1.54) is 4.31 Å². The largest absolute Gasteiger partial charge is 0.444 e. The Kier molecular flexibility index (Phi) is 11.3. The molecule has 0 unspecified atom stereocenters. The topological polar surface area (TPSA) is 159 Å². The molecule has 13 heteroatoms. The highest BCUT2D eigenvalue weighted by atomic mass is 32.2. The number of Topliss-reactive ketones (excluding diaryl/α,β-unsaturated/α-hetero) is 2. The Morgan fingerprint density at radius 3 is 1.96 bits per heavy atom. The van der Waals surface area contributed by atoms with Gasteiger partial charge in [0.05, 0.1) is 17.5 Å². The number of fused-ring (bicyclic) bond motifs is 1. The summed E-state index contributed by atoms with van der Waals surface area (Å²) in [5, 5.41) is 2.94. The summed E-state index contributed by atoms with van der Waals surface area (Å²) >= 11 is 0. The highest BCUT2D eigenvalue weighted by molar-refractivity contribution is 7.87. The van der Waals surface area contributed by atoms with Crippen LogP contribution in [-0.4, -0.2) is 84.4 Å². The standard InChI is InChI=1S/C44H70N4O8S/c1-11-29-25-42(29,36(52)46-57(54,55)47-22-15-16-23-47)27-33(50)31-26-44(40(8,9)43(44)20-17-21-43)28-48(31)35(51)30(38(2,3)4)24-32(49)34(41(10)18-13-12-14-19-41)45-37(53)56-39(5,6)7/h11,29-31,34H,1,12-28H2,2-10H3,(H,45,53)(H,46,52)/t29-,30-,31+,34-,42-,44-/m1/s1. The zero-order chi connectivity index (χ0) is 42.2. The van der Waals surface area contributed by atoms with Crippen LogP contribution in [0, 0.1) is 44.3 Å². The molecular weight excluding hydrogens is 745 g/mol. The molecule has 0 radical (unpaired) electrons. The molecule has 57 heavy (non-hydrogen) atoms. The first-order valence-corrected chi connectivity index (χ1v) is 23.0. The minimum Gasteiger partial charge on any atom is -0.444 e. The van der Waals surface area contributed by atoms with Crippen LogP contribution in [-0.2, 0) is 34.1 Å². The summed E-state index contributed by atoms with van der Waals surface area (Å²) < 4.78 is 35.6. The van der Waals surface area contributed by atoms with E-state index < -0.39 is 62.1 Å². The van der Waals surface area contributed by atoms with Crippen molar-refractivity contribution in [1.29, 1.82) is 0 Å². The van der Waals surface area contributed by atoms with Crippen molar-refractivity contribution in [2.24, 2.45) is 44.3 Å². The van der Waals surface area contributed by atoms with E-state index in [0.717, 1.165) is 64.2 Å². The Hall–Kier alpha value is -2.80. The van der Waals surface area contributed by atoms with Crippen LogP contribution in [0.3, 0.4) is 0 Å². The Morgan fingerprint density at radius 1 is 0.860 bits per heavy atom. The molecule has 4 aliphatic carbocycles. The maximum absolute atomic E-state index is 15.3. The van der Waals surface area contributed by atoms with Gasteiger partial charge in [-0.25, -0.2) is 9.52 Å². The number of carbonyl (C=O) groups excluding carboxylic acids is 5. The molecule has 3 amide bonds. The normalized spacial score (nSPS) is 31.2. The minimum atomic E-state index is -4.07. The second-order valence-corrected chi connectivity index (χ2v) is 23.3. The maximum Gasteiger partial charge on any atom is 0.408 e. The molecule has 2 saturated heterocycles. The average Bonchev–Trinajstić information content (AvgIpc) is 3.54. The third kappa shape index (κ3) is 7.63. The number of amides is 3. The summed E-state index contributed by atoms with van der Waals surface area (Å²) in [6.07, 6.45) is 10.5. The molecule has 0 aromatic heterocycles. The quantitative estimate of drug-likeness (QED) is 0.191. The van der Waals surface area contributed by atoms with Crippen LogP contribution >= 0.6 is 0 Å². The number of hydrogen-bond acceptors (Lipinski definition) is 8. The van der Waals surface area contributed by atoms with Gasteiger partial charge in [0.1, 0.15) is 5.60 Å². The summed E-state index contributed by atoms with van der Waals surface area (Å²) in [4.78, 5) is 73.6. The number of ether oxygens (including phenoxy) is 1. The molecular formula is C44H70N4O8S. The lowest BCUT2D eigenvalue weighted by Crippen LogP contribution is -2.55. The molecule has 12 nitrogen and oxygen atoms in total. The monoisotopic (exact) mass is 814 g/mol. The van der Waals surface area contributed by atoms with Gasteiger partial charge in [-0.2, -0.15) is 12.7 Å². The van der Waals surface area contributed by atoms with Gasteiger partial charge in [-0.3, -0.25) is 19.2 Å². The van der Waals surface area contributed by atoms with Gasteiger partial charge in [-0.15, -0.1) is 6.58 Å². The molecule has 2 aliphatic heterocycles. The van der Waals surface area contributed by atoms with Crippen molar-refractivity contribution in [3.8, 4) is 0 Å². The Balaban J connectivity index is 1.29. The van der Waals surface area contributed by atoms with E-state index in [0.29, 0.717) is 32.5 Å². The molecule has 0 bridgehead atoms. The van der Waals surface area contributed by atoms with Gasteiger partial charge in [-0.05, 0) is 99.7 Å². The van der Waals surface area contributed by atoms with Crippen molar-refractivity contribution in [2.75, 3.05) is 19.6 Å². The number of nitrogens with one attached hydrogen (secondary N) is 2. The summed E-state index contributed by atoms with van der Waals surface area (Å²) in [6, 6.07) is -1.68. The van der Waals surface area contributed by atoms with Crippen molar-refractivity contribution in [1.82, 2.24) is 19.2 Å². The number of allylic oxidation sites excluding steroid dienone is 1. The van der Waals surface area contributed by atoms with Gasteiger partial charge in [0.25, 0.3) is 0 Å². The minimum absolute atomic E-state index is 0.0146. The number of hydrogen-bond donors (Lipinski definition) is 2. The van der Waals surface area contributed by atoms with Gasteiger partial charge in [-0.1, -0.05) is 73.3 Å². The first-order chi connectivity index (χ1) is 26.3. The predicted molar refractivity (Wildman–Crippen MR) is 218 cm³/mol. The maximum atomic E-state index is 15.3. The van der Waals surface area contributed by atoms with Gasteiger partial charge < -0.3 is 15.0 Å². The van der Waals surface area contributed by atoms with E-state index in [1.807, 2.05) is 27.7 Å². The summed E-state index contributed by atoms with van der Waals surface area (Å²) in [5.74, 6) is -2.61. The van der Waals surface area contributed by atoms with Crippen LogP contribution in [0.1, 0.15) is 152 Å². The van der Waals surface area contributed by atoms with Gasteiger partial charge in [0.15, 0.2) is 11.6 Å². The number of rotatable bonds is 13. The first kappa shape index (κ1) is 43.8. The Bertz CT molecular complexity index is 1760. The van der Waals surface area contributed by atoms with E-state index in [2.05, 4.69) is 30.5 Å². The van der Waals surface area contributed by atoms with Crippen LogP contribution in [0.25, 0.3) is 0 Å². The van der Waals surface area contributed by atoms with Crippen LogP contribution in [0.15, 0.2) is 12.7 Å². The number of alkyl carbamates (subject to hydrolysis) is 1. The fourth-order valence-electron chi connectivity index (χ4n) is 11.9. The molecule has 4 saturated carbocycles. The van der Waals surface area contributed by atoms with Crippen molar-refractivity contribution in [3.05, 3.63) is 12.7 Å². The third-order valence-corrected chi connectivity index (χ3v) is 17.4. The second-order valence-electron chi connectivity index (χ2n) is 21.6. The highest BCUT2D eigenvalue weighted by Crippen LogP contribution is 2.88. The lowest BCUT2D eigenvalue weighted by molar-refractivity contribution is -0.147.